The third-order valence-corrected chi connectivity index (χ3v) is 1.35. The summed E-state index contributed by atoms with van der Waals surface area (Å²) in [5.41, 5.74) is 6.39. The minimum atomic E-state index is -0.430. The van der Waals surface area contributed by atoms with E-state index < -0.39 is 5.82 Å². The molecule has 2 heterocycles. The van der Waals surface area contributed by atoms with E-state index in [0.717, 1.165) is 6.20 Å². The molecule has 2 N–H and O–H groups in total. The Bertz CT molecular complexity index is 394. The summed E-state index contributed by atoms with van der Waals surface area (Å²) in [6, 6.07) is 0. The van der Waals surface area contributed by atoms with E-state index in [0.29, 0.717) is 11.3 Å². The summed E-state index contributed by atoms with van der Waals surface area (Å²) in [5.74, 6) is -0.430. The number of nitrogens with zero attached hydrogens (tertiary/aromatic N) is 3. The van der Waals surface area contributed by atoms with Crippen LogP contribution in [0.1, 0.15) is 0 Å². The molecule has 0 atom stereocenters. The van der Waals surface area contributed by atoms with Crippen molar-refractivity contribution < 1.29 is 4.39 Å². The summed E-state index contributed by atoms with van der Waals surface area (Å²) in [6.45, 7) is 0. The summed E-state index contributed by atoms with van der Waals surface area (Å²) in [7, 11) is 0. The van der Waals surface area contributed by atoms with Crippen LogP contribution >= 0.6 is 0 Å². The number of anilines is 1. The molecule has 2 aromatic heterocycles. The molecule has 0 saturated carbocycles. The van der Waals surface area contributed by atoms with Crippen molar-refractivity contribution in [2.45, 2.75) is 0 Å². The molecule has 0 bridgehead atoms. The Balaban J connectivity index is 2.86. The second kappa shape index (κ2) is 1.91. The fourth-order valence-electron chi connectivity index (χ4n) is 0.870. The minimum absolute atomic E-state index is 0.430. The van der Waals surface area contributed by atoms with Crippen LogP contribution in [-0.4, -0.2) is 14.6 Å². The zero-order chi connectivity index (χ0) is 7.84. The van der Waals surface area contributed by atoms with Gasteiger partial charge in [0.25, 0.3) is 0 Å². The van der Waals surface area contributed by atoms with Crippen molar-refractivity contribution in [3.63, 3.8) is 0 Å². The Morgan fingerprint density at radius 1 is 1.45 bits per heavy atom. The second-order valence-electron chi connectivity index (χ2n) is 2.14. The van der Waals surface area contributed by atoms with Crippen LogP contribution in [0, 0.1) is 5.82 Å². The third-order valence-electron chi connectivity index (χ3n) is 1.35. The van der Waals surface area contributed by atoms with E-state index in [4.69, 9.17) is 5.73 Å². The van der Waals surface area contributed by atoms with Gasteiger partial charge in [-0.1, -0.05) is 0 Å². The molecular formula is C6H5FN4. The van der Waals surface area contributed by atoms with Gasteiger partial charge in [-0.2, -0.15) is 5.10 Å². The van der Waals surface area contributed by atoms with Crippen molar-refractivity contribution in [3.05, 3.63) is 24.4 Å². The normalized spacial score (nSPS) is 10.6. The Labute approximate surface area is 61.5 Å². The second-order valence-corrected chi connectivity index (χ2v) is 2.14. The van der Waals surface area contributed by atoms with E-state index in [9.17, 15) is 4.39 Å². The molecule has 0 spiro atoms. The summed E-state index contributed by atoms with van der Waals surface area (Å²) in [6.07, 6.45) is 3.76. The maximum absolute atomic E-state index is 12.5. The summed E-state index contributed by atoms with van der Waals surface area (Å²) in [5, 5.41) is 3.77. The SMILES string of the molecule is Nc1cnn2cc(F)cnc12. The van der Waals surface area contributed by atoms with E-state index in [-0.39, 0.29) is 0 Å². The van der Waals surface area contributed by atoms with Crippen LogP contribution in [0.15, 0.2) is 18.6 Å². The standard InChI is InChI=1S/C6H5FN4/c7-4-1-9-6-5(8)2-10-11(6)3-4/h1-3H,8H2. The molecule has 56 valence electrons. The van der Waals surface area contributed by atoms with Gasteiger partial charge < -0.3 is 5.73 Å². The van der Waals surface area contributed by atoms with Gasteiger partial charge in [-0.25, -0.2) is 13.9 Å². The van der Waals surface area contributed by atoms with E-state index in [1.54, 1.807) is 0 Å². The van der Waals surface area contributed by atoms with Gasteiger partial charge in [-0.15, -0.1) is 0 Å². The van der Waals surface area contributed by atoms with Gasteiger partial charge in [-0.05, 0) is 0 Å². The quantitative estimate of drug-likeness (QED) is 0.596. The maximum atomic E-state index is 12.5. The predicted molar refractivity (Wildman–Crippen MR) is 37.4 cm³/mol. The molecule has 2 rings (SSSR count). The average molecular weight is 152 g/mol. The molecular weight excluding hydrogens is 147 g/mol. The number of fused-ring (bicyclic) bond motifs is 1. The van der Waals surface area contributed by atoms with Crippen LogP contribution in [0.2, 0.25) is 0 Å². The number of hydrogen-bond acceptors (Lipinski definition) is 3. The first-order chi connectivity index (χ1) is 5.27. The first-order valence-electron chi connectivity index (χ1n) is 3.02. The van der Waals surface area contributed by atoms with Crippen LogP contribution in [-0.2, 0) is 0 Å². The highest BCUT2D eigenvalue weighted by atomic mass is 19.1. The van der Waals surface area contributed by atoms with Crippen molar-refractivity contribution in [1.82, 2.24) is 14.6 Å². The molecule has 11 heavy (non-hydrogen) atoms. The molecule has 2 aromatic rings. The van der Waals surface area contributed by atoms with E-state index in [2.05, 4.69) is 10.1 Å². The third kappa shape index (κ3) is 0.813. The van der Waals surface area contributed by atoms with Gasteiger partial charge in [0, 0.05) is 0 Å². The van der Waals surface area contributed by atoms with Crippen LogP contribution in [0.25, 0.3) is 5.65 Å². The lowest BCUT2D eigenvalue weighted by atomic mass is 10.5. The van der Waals surface area contributed by atoms with E-state index in [1.165, 1.54) is 16.9 Å². The van der Waals surface area contributed by atoms with Crippen LogP contribution in [0.4, 0.5) is 10.1 Å². The van der Waals surface area contributed by atoms with Gasteiger partial charge in [0.2, 0.25) is 0 Å². The van der Waals surface area contributed by atoms with Crippen molar-refractivity contribution >= 4 is 11.3 Å². The highest BCUT2D eigenvalue weighted by Crippen LogP contribution is 2.08. The van der Waals surface area contributed by atoms with Crippen LogP contribution < -0.4 is 5.73 Å². The number of hydrogen-bond donors (Lipinski definition) is 1. The Hall–Kier alpha value is -1.65. The first kappa shape index (κ1) is 6.09. The number of aromatic nitrogens is 3. The smallest absolute Gasteiger partial charge is 0.178 e. The Morgan fingerprint density at radius 3 is 3.09 bits per heavy atom. The molecule has 0 radical (unpaired) electrons. The molecule has 0 aliphatic rings. The molecule has 0 aromatic carbocycles. The predicted octanol–water partition coefficient (Wildman–Crippen LogP) is 0.451. The highest BCUT2D eigenvalue weighted by molar-refractivity contribution is 5.62. The maximum Gasteiger partial charge on any atom is 0.178 e. The zero-order valence-electron chi connectivity index (χ0n) is 5.53. The fourth-order valence-corrected chi connectivity index (χ4v) is 0.870. The molecule has 0 saturated heterocycles. The lowest BCUT2D eigenvalue weighted by Gasteiger charge is -1.91. The number of nitrogens with two attached hydrogens (primary N) is 1. The molecule has 0 unspecified atom stereocenters. The number of rotatable bonds is 0. The van der Waals surface area contributed by atoms with Crippen molar-refractivity contribution in [2.75, 3.05) is 5.73 Å². The molecule has 5 heteroatoms. The van der Waals surface area contributed by atoms with Crippen LogP contribution in [0.3, 0.4) is 0 Å². The molecule has 0 aliphatic heterocycles. The average Bonchev–Trinajstić information content (AvgIpc) is 2.32. The largest absolute Gasteiger partial charge is 0.394 e. The van der Waals surface area contributed by atoms with E-state index in [1.807, 2.05) is 0 Å². The van der Waals surface area contributed by atoms with Gasteiger partial charge in [0.05, 0.1) is 24.3 Å². The van der Waals surface area contributed by atoms with Gasteiger partial charge in [-0.3, -0.25) is 0 Å². The lowest BCUT2D eigenvalue weighted by molar-refractivity contribution is 0.607. The van der Waals surface area contributed by atoms with E-state index >= 15 is 0 Å². The molecule has 0 amide bonds. The number of halogens is 1. The summed E-state index contributed by atoms with van der Waals surface area (Å²) >= 11 is 0. The van der Waals surface area contributed by atoms with Gasteiger partial charge in [0.15, 0.2) is 11.5 Å². The fraction of sp³-hybridized carbons (Fsp3) is 0. The Kier molecular flexibility index (Phi) is 1.06. The van der Waals surface area contributed by atoms with Crippen LogP contribution in [0.5, 0.6) is 0 Å². The van der Waals surface area contributed by atoms with Gasteiger partial charge in [0.1, 0.15) is 0 Å². The van der Waals surface area contributed by atoms with Crippen molar-refractivity contribution in [3.8, 4) is 0 Å². The topological polar surface area (TPSA) is 56.2 Å². The van der Waals surface area contributed by atoms with Crippen molar-refractivity contribution in [1.29, 1.82) is 0 Å². The number of nitrogen functional groups attached to an aromatic ring is 1. The lowest BCUT2D eigenvalue weighted by Crippen LogP contribution is -1.92. The summed E-state index contributed by atoms with van der Waals surface area (Å²) in [4.78, 5) is 3.74. The van der Waals surface area contributed by atoms with Gasteiger partial charge >= 0.3 is 0 Å². The zero-order valence-corrected chi connectivity index (χ0v) is 5.53. The monoisotopic (exact) mass is 152 g/mol. The highest BCUT2D eigenvalue weighted by Gasteiger charge is 2.00. The molecule has 0 fully saturated rings. The minimum Gasteiger partial charge on any atom is -0.394 e. The van der Waals surface area contributed by atoms with Crippen molar-refractivity contribution in [2.24, 2.45) is 0 Å². The summed E-state index contributed by atoms with van der Waals surface area (Å²) < 4.78 is 13.8. The molecule has 0 aliphatic carbocycles. The molecule has 4 nitrogen and oxygen atoms in total. The Morgan fingerprint density at radius 2 is 2.27 bits per heavy atom. The first-order valence-corrected chi connectivity index (χ1v) is 3.02.